The van der Waals surface area contributed by atoms with Crippen molar-refractivity contribution < 1.29 is 5.11 Å². The van der Waals surface area contributed by atoms with Crippen LogP contribution in [-0.2, 0) is 0 Å². The van der Waals surface area contributed by atoms with Crippen LogP contribution in [0, 0.1) is 0 Å². The molecule has 0 spiro atoms. The lowest BCUT2D eigenvalue weighted by Gasteiger charge is -2.21. The van der Waals surface area contributed by atoms with E-state index in [9.17, 15) is 5.11 Å². The first-order valence-corrected chi connectivity index (χ1v) is 5.01. The van der Waals surface area contributed by atoms with Gasteiger partial charge in [0.15, 0.2) is 0 Å². The molecule has 14 heavy (non-hydrogen) atoms. The summed E-state index contributed by atoms with van der Waals surface area (Å²) in [5, 5.41) is 9.55. The first-order chi connectivity index (χ1) is 6.66. The van der Waals surface area contributed by atoms with E-state index in [-0.39, 0.29) is 0 Å². The van der Waals surface area contributed by atoms with E-state index in [2.05, 4.69) is 16.8 Å². The predicted molar refractivity (Wildman–Crippen MR) is 58.4 cm³/mol. The van der Waals surface area contributed by atoms with Gasteiger partial charge in [-0.25, -0.2) is 4.98 Å². The van der Waals surface area contributed by atoms with Crippen LogP contribution in [0.3, 0.4) is 0 Å². The smallest absolute Gasteiger partial charge is 0.134 e. The number of anilines is 1. The van der Waals surface area contributed by atoms with Crippen molar-refractivity contribution in [3.63, 3.8) is 0 Å². The molecule has 0 aliphatic carbocycles. The zero-order valence-corrected chi connectivity index (χ0v) is 9.07. The van der Waals surface area contributed by atoms with E-state index >= 15 is 0 Å². The largest absolute Gasteiger partial charge is 0.389 e. The highest BCUT2D eigenvalue weighted by molar-refractivity contribution is 5.46. The first-order valence-electron chi connectivity index (χ1n) is 5.01. The zero-order chi connectivity index (χ0) is 10.6. The van der Waals surface area contributed by atoms with Gasteiger partial charge >= 0.3 is 0 Å². The Morgan fingerprint density at radius 3 is 2.86 bits per heavy atom. The molecule has 1 rings (SSSR count). The van der Waals surface area contributed by atoms with Crippen molar-refractivity contribution in [1.82, 2.24) is 4.98 Å². The maximum absolute atomic E-state index is 9.55. The average molecular weight is 194 g/mol. The number of aromatic nitrogens is 1. The van der Waals surface area contributed by atoms with E-state index < -0.39 is 6.10 Å². The summed E-state index contributed by atoms with van der Waals surface area (Å²) in [6.45, 7) is 4.85. The minimum absolute atomic E-state index is 0.460. The van der Waals surface area contributed by atoms with Crippen molar-refractivity contribution in [2.24, 2.45) is 0 Å². The van der Waals surface area contributed by atoms with Gasteiger partial charge in [0, 0.05) is 25.4 Å². The summed E-state index contributed by atoms with van der Waals surface area (Å²) in [5.74, 6) is 0.879. The van der Waals surface area contributed by atoms with Crippen LogP contribution in [0.25, 0.3) is 0 Å². The summed E-state index contributed by atoms with van der Waals surface area (Å²) in [6, 6.07) is 3.77. The summed E-state index contributed by atoms with van der Waals surface area (Å²) < 4.78 is 0. The van der Waals surface area contributed by atoms with Crippen molar-refractivity contribution in [2.45, 2.75) is 26.4 Å². The Bertz CT molecular complexity index is 286. The summed E-state index contributed by atoms with van der Waals surface area (Å²) in [5.41, 5.74) is 0.892. The molecule has 0 aliphatic rings. The lowest BCUT2D eigenvalue weighted by atomic mass is 10.1. The molecule has 1 unspecified atom stereocenters. The molecule has 1 atom stereocenters. The molecule has 1 N–H and O–H groups in total. The van der Waals surface area contributed by atoms with E-state index in [0.717, 1.165) is 24.3 Å². The van der Waals surface area contributed by atoms with Crippen LogP contribution in [0.4, 0.5) is 5.82 Å². The van der Waals surface area contributed by atoms with Crippen LogP contribution < -0.4 is 4.90 Å². The molecule has 1 aromatic heterocycles. The summed E-state index contributed by atoms with van der Waals surface area (Å²) in [6.07, 6.45) is 2.37. The third-order valence-electron chi connectivity index (χ3n) is 2.19. The second kappa shape index (κ2) is 4.96. The Balaban J connectivity index is 2.94. The minimum atomic E-state index is -0.460. The summed E-state index contributed by atoms with van der Waals surface area (Å²) in [7, 11) is 2.00. The Hall–Kier alpha value is -1.09. The van der Waals surface area contributed by atoms with Gasteiger partial charge in [-0.1, -0.05) is 13.0 Å². The quantitative estimate of drug-likeness (QED) is 0.796. The fourth-order valence-electron chi connectivity index (χ4n) is 1.50. The molecule has 0 aliphatic heterocycles. The second-order valence-electron chi connectivity index (χ2n) is 3.51. The summed E-state index contributed by atoms with van der Waals surface area (Å²) in [4.78, 5) is 6.36. The number of aliphatic hydroxyl groups is 1. The van der Waals surface area contributed by atoms with Crippen LogP contribution >= 0.6 is 0 Å². The van der Waals surface area contributed by atoms with Gasteiger partial charge < -0.3 is 10.0 Å². The highest BCUT2D eigenvalue weighted by Crippen LogP contribution is 2.22. The fourth-order valence-corrected chi connectivity index (χ4v) is 1.50. The number of pyridine rings is 1. The van der Waals surface area contributed by atoms with E-state index in [4.69, 9.17) is 0 Å². The van der Waals surface area contributed by atoms with Gasteiger partial charge in [-0.05, 0) is 19.4 Å². The van der Waals surface area contributed by atoms with Gasteiger partial charge in [0.1, 0.15) is 5.82 Å². The molecule has 0 saturated carbocycles. The Labute approximate surface area is 85.4 Å². The molecule has 0 amide bonds. The van der Waals surface area contributed by atoms with Crippen molar-refractivity contribution in [2.75, 3.05) is 18.5 Å². The molecule has 1 aromatic rings. The van der Waals surface area contributed by atoms with Crippen LogP contribution in [0.2, 0.25) is 0 Å². The van der Waals surface area contributed by atoms with Crippen LogP contribution in [0.1, 0.15) is 31.9 Å². The Kier molecular flexibility index (Phi) is 3.89. The number of nitrogens with zero attached hydrogens (tertiary/aromatic N) is 2. The molecule has 0 bridgehead atoms. The van der Waals surface area contributed by atoms with Crippen LogP contribution in [0.5, 0.6) is 0 Å². The zero-order valence-electron chi connectivity index (χ0n) is 9.07. The highest BCUT2D eigenvalue weighted by Gasteiger charge is 2.11. The van der Waals surface area contributed by atoms with E-state index in [1.54, 1.807) is 13.1 Å². The van der Waals surface area contributed by atoms with Gasteiger partial charge in [0.25, 0.3) is 0 Å². The van der Waals surface area contributed by atoms with Crippen molar-refractivity contribution >= 4 is 5.82 Å². The number of aliphatic hydroxyl groups excluding tert-OH is 1. The fraction of sp³-hybridized carbons (Fsp3) is 0.545. The standard InChI is InChI=1S/C11H18N2O/c1-4-8-13(3)11-10(9(2)14)6-5-7-12-11/h5-7,9,14H,4,8H2,1-3H3. The van der Waals surface area contributed by atoms with Gasteiger partial charge in [-0.15, -0.1) is 0 Å². The lowest BCUT2D eigenvalue weighted by Crippen LogP contribution is -2.21. The molecular weight excluding hydrogens is 176 g/mol. The molecule has 1 heterocycles. The molecular formula is C11H18N2O. The van der Waals surface area contributed by atoms with E-state index in [0.29, 0.717) is 0 Å². The third-order valence-corrected chi connectivity index (χ3v) is 2.19. The molecule has 3 nitrogen and oxygen atoms in total. The number of rotatable bonds is 4. The molecule has 78 valence electrons. The molecule has 0 fully saturated rings. The monoisotopic (exact) mass is 194 g/mol. The van der Waals surface area contributed by atoms with Gasteiger partial charge in [-0.2, -0.15) is 0 Å². The normalized spacial score (nSPS) is 12.6. The third kappa shape index (κ3) is 2.45. The number of hydrogen-bond donors (Lipinski definition) is 1. The van der Waals surface area contributed by atoms with Crippen molar-refractivity contribution in [1.29, 1.82) is 0 Å². The van der Waals surface area contributed by atoms with Gasteiger partial charge in [0.05, 0.1) is 6.10 Å². The first kappa shape index (κ1) is 11.0. The Morgan fingerprint density at radius 1 is 1.57 bits per heavy atom. The number of hydrogen-bond acceptors (Lipinski definition) is 3. The molecule has 0 radical (unpaired) electrons. The Morgan fingerprint density at radius 2 is 2.29 bits per heavy atom. The molecule has 0 saturated heterocycles. The van der Waals surface area contributed by atoms with E-state index in [1.165, 1.54) is 0 Å². The van der Waals surface area contributed by atoms with Gasteiger partial charge in [0.2, 0.25) is 0 Å². The van der Waals surface area contributed by atoms with Crippen LogP contribution in [-0.4, -0.2) is 23.7 Å². The van der Waals surface area contributed by atoms with Crippen molar-refractivity contribution in [3.8, 4) is 0 Å². The topological polar surface area (TPSA) is 36.4 Å². The predicted octanol–water partition coefficient (Wildman–Crippen LogP) is 1.98. The molecule has 0 aromatic carbocycles. The summed E-state index contributed by atoms with van der Waals surface area (Å²) >= 11 is 0. The maximum Gasteiger partial charge on any atom is 0.134 e. The van der Waals surface area contributed by atoms with Crippen molar-refractivity contribution in [3.05, 3.63) is 23.9 Å². The van der Waals surface area contributed by atoms with Crippen LogP contribution in [0.15, 0.2) is 18.3 Å². The molecule has 3 heteroatoms. The second-order valence-corrected chi connectivity index (χ2v) is 3.51. The minimum Gasteiger partial charge on any atom is -0.389 e. The lowest BCUT2D eigenvalue weighted by molar-refractivity contribution is 0.199. The van der Waals surface area contributed by atoms with E-state index in [1.807, 2.05) is 19.2 Å². The SMILES string of the molecule is CCCN(C)c1ncccc1C(C)O. The average Bonchev–Trinajstić information content (AvgIpc) is 2.18. The maximum atomic E-state index is 9.55. The highest BCUT2D eigenvalue weighted by atomic mass is 16.3. The van der Waals surface area contributed by atoms with Gasteiger partial charge in [-0.3, -0.25) is 0 Å².